The van der Waals surface area contributed by atoms with Crippen LogP contribution in [0.3, 0.4) is 0 Å². The van der Waals surface area contributed by atoms with Crippen LogP contribution in [0.4, 0.5) is 11.4 Å². The van der Waals surface area contributed by atoms with Gasteiger partial charge in [-0.3, -0.25) is 29.6 Å². The van der Waals surface area contributed by atoms with E-state index >= 15 is 0 Å². The number of nitro benzene ring substituents is 1. The first kappa shape index (κ1) is 19.4. The van der Waals surface area contributed by atoms with E-state index in [9.17, 15) is 19.7 Å². The molecule has 0 aliphatic carbocycles. The number of benzene rings is 1. The summed E-state index contributed by atoms with van der Waals surface area (Å²) in [5.74, 6) is -0.352. The molecule has 1 aromatic carbocycles. The molecule has 28 heavy (non-hydrogen) atoms. The summed E-state index contributed by atoms with van der Waals surface area (Å²) in [5, 5.41) is 13.5. The van der Waals surface area contributed by atoms with Crippen LogP contribution in [-0.4, -0.2) is 69.2 Å². The van der Waals surface area contributed by atoms with Crippen molar-refractivity contribution in [3.05, 3.63) is 58.7 Å². The van der Waals surface area contributed by atoms with Crippen LogP contribution in [0, 0.1) is 10.1 Å². The smallest absolute Gasteiger partial charge is 0.274 e. The number of nitro groups is 1. The van der Waals surface area contributed by atoms with E-state index in [4.69, 9.17) is 0 Å². The molecule has 0 atom stereocenters. The second kappa shape index (κ2) is 9.00. The van der Waals surface area contributed by atoms with Crippen molar-refractivity contribution in [3.8, 4) is 0 Å². The highest BCUT2D eigenvalue weighted by molar-refractivity contribution is 5.92. The summed E-state index contributed by atoms with van der Waals surface area (Å²) in [6.07, 6.45) is 4.73. The number of amides is 2. The molecule has 146 valence electrons. The van der Waals surface area contributed by atoms with Crippen LogP contribution < -0.4 is 5.32 Å². The van der Waals surface area contributed by atoms with Gasteiger partial charge in [-0.25, -0.2) is 4.98 Å². The molecule has 0 spiro atoms. The first-order valence-electron chi connectivity index (χ1n) is 8.85. The van der Waals surface area contributed by atoms with E-state index in [0.29, 0.717) is 44.1 Å². The van der Waals surface area contributed by atoms with Gasteiger partial charge in [0, 0.05) is 69.4 Å². The number of anilines is 1. The summed E-state index contributed by atoms with van der Waals surface area (Å²) in [6.45, 7) is 2.99. The second-order valence-electron chi connectivity index (χ2n) is 6.33. The minimum Gasteiger partial charge on any atom is -0.335 e. The minimum absolute atomic E-state index is 0.0679. The summed E-state index contributed by atoms with van der Waals surface area (Å²) in [5.41, 5.74) is 0.660. The standard InChI is InChI=1S/C18H20N6O4/c25-17(21-14-2-1-3-15(12-14)24(27)28)4-7-22-8-10-23(11-9-22)18(26)16-13-19-5-6-20-16/h1-3,5-6,12-13H,4,7-11H2,(H,21,25). The number of rotatable bonds is 6. The van der Waals surface area contributed by atoms with E-state index in [1.165, 1.54) is 36.8 Å². The summed E-state index contributed by atoms with van der Waals surface area (Å²) in [4.78, 5) is 46.5. The summed E-state index contributed by atoms with van der Waals surface area (Å²) in [6, 6.07) is 5.84. The Balaban J connectivity index is 1.43. The third kappa shape index (κ3) is 5.07. The first-order valence-corrected chi connectivity index (χ1v) is 8.85. The van der Waals surface area contributed by atoms with Crippen LogP contribution in [0.2, 0.25) is 0 Å². The van der Waals surface area contributed by atoms with Gasteiger partial charge in [-0.15, -0.1) is 0 Å². The molecular weight excluding hydrogens is 364 g/mol. The Hall–Kier alpha value is -3.40. The van der Waals surface area contributed by atoms with Crippen molar-refractivity contribution in [1.82, 2.24) is 19.8 Å². The van der Waals surface area contributed by atoms with E-state index in [2.05, 4.69) is 20.2 Å². The topological polar surface area (TPSA) is 122 Å². The lowest BCUT2D eigenvalue weighted by Crippen LogP contribution is -2.49. The molecule has 1 aliphatic rings. The molecule has 0 bridgehead atoms. The zero-order valence-corrected chi connectivity index (χ0v) is 15.2. The van der Waals surface area contributed by atoms with Crippen molar-refractivity contribution in [1.29, 1.82) is 0 Å². The van der Waals surface area contributed by atoms with Crippen LogP contribution in [-0.2, 0) is 4.79 Å². The fraction of sp³-hybridized carbons (Fsp3) is 0.333. The Morgan fingerprint density at radius 1 is 1.18 bits per heavy atom. The molecule has 0 radical (unpaired) electrons. The Bertz CT molecular complexity index is 852. The molecule has 2 aromatic rings. The van der Waals surface area contributed by atoms with E-state index in [-0.39, 0.29) is 23.9 Å². The maximum atomic E-state index is 12.3. The van der Waals surface area contributed by atoms with Crippen LogP contribution >= 0.6 is 0 Å². The molecule has 1 aromatic heterocycles. The normalized spacial score (nSPS) is 14.5. The fourth-order valence-corrected chi connectivity index (χ4v) is 2.93. The van der Waals surface area contributed by atoms with Gasteiger partial charge >= 0.3 is 0 Å². The third-order valence-electron chi connectivity index (χ3n) is 4.44. The molecule has 2 amide bonds. The van der Waals surface area contributed by atoms with Gasteiger partial charge in [0.2, 0.25) is 5.91 Å². The second-order valence-corrected chi connectivity index (χ2v) is 6.33. The first-order chi connectivity index (χ1) is 13.5. The quantitative estimate of drug-likeness (QED) is 0.586. The monoisotopic (exact) mass is 384 g/mol. The predicted molar refractivity (Wildman–Crippen MR) is 101 cm³/mol. The molecule has 0 unspecified atom stereocenters. The molecule has 2 heterocycles. The van der Waals surface area contributed by atoms with Gasteiger partial charge in [-0.05, 0) is 6.07 Å². The van der Waals surface area contributed by atoms with Gasteiger partial charge in [0.05, 0.1) is 11.1 Å². The molecule has 0 saturated carbocycles. The van der Waals surface area contributed by atoms with Crippen LogP contribution in [0.15, 0.2) is 42.9 Å². The zero-order chi connectivity index (χ0) is 19.9. The van der Waals surface area contributed by atoms with Crippen molar-refractivity contribution >= 4 is 23.2 Å². The number of piperazine rings is 1. The largest absolute Gasteiger partial charge is 0.335 e. The molecule has 1 fully saturated rings. The zero-order valence-electron chi connectivity index (χ0n) is 15.2. The highest BCUT2D eigenvalue weighted by atomic mass is 16.6. The average molecular weight is 384 g/mol. The molecular formula is C18H20N6O4. The number of carbonyl (C=O) groups excluding carboxylic acids is 2. The van der Waals surface area contributed by atoms with E-state index in [0.717, 1.165) is 0 Å². The molecule has 3 rings (SSSR count). The number of non-ortho nitro benzene ring substituents is 1. The lowest BCUT2D eigenvalue weighted by molar-refractivity contribution is -0.384. The van der Waals surface area contributed by atoms with Gasteiger partial charge < -0.3 is 10.2 Å². The van der Waals surface area contributed by atoms with Gasteiger partial charge in [-0.2, -0.15) is 0 Å². The number of nitrogens with zero attached hydrogens (tertiary/aromatic N) is 5. The number of hydrogen-bond donors (Lipinski definition) is 1. The third-order valence-corrected chi connectivity index (χ3v) is 4.44. The number of aromatic nitrogens is 2. The Kier molecular flexibility index (Phi) is 6.22. The summed E-state index contributed by atoms with van der Waals surface area (Å²) < 4.78 is 0. The highest BCUT2D eigenvalue weighted by Crippen LogP contribution is 2.17. The van der Waals surface area contributed by atoms with Crippen LogP contribution in [0.25, 0.3) is 0 Å². The minimum atomic E-state index is -0.503. The van der Waals surface area contributed by atoms with Gasteiger partial charge in [0.1, 0.15) is 5.69 Å². The lowest BCUT2D eigenvalue weighted by Gasteiger charge is -2.34. The molecule has 1 N–H and O–H groups in total. The molecule has 10 nitrogen and oxygen atoms in total. The SMILES string of the molecule is O=C(CCN1CCN(C(=O)c2cnccn2)CC1)Nc1cccc([N+](=O)[O-])c1. The van der Waals surface area contributed by atoms with Crippen molar-refractivity contribution in [2.24, 2.45) is 0 Å². The van der Waals surface area contributed by atoms with Crippen molar-refractivity contribution in [3.63, 3.8) is 0 Å². The summed E-state index contributed by atoms with van der Waals surface area (Å²) in [7, 11) is 0. The maximum Gasteiger partial charge on any atom is 0.274 e. The molecule has 10 heteroatoms. The van der Waals surface area contributed by atoms with E-state index in [1.54, 1.807) is 11.0 Å². The maximum absolute atomic E-state index is 12.3. The lowest BCUT2D eigenvalue weighted by atomic mass is 10.2. The van der Waals surface area contributed by atoms with Crippen LogP contribution in [0.5, 0.6) is 0 Å². The number of nitrogens with one attached hydrogen (secondary N) is 1. The number of hydrogen-bond acceptors (Lipinski definition) is 7. The average Bonchev–Trinajstić information content (AvgIpc) is 2.73. The Morgan fingerprint density at radius 2 is 1.96 bits per heavy atom. The van der Waals surface area contributed by atoms with E-state index in [1.807, 2.05) is 0 Å². The van der Waals surface area contributed by atoms with Crippen molar-refractivity contribution < 1.29 is 14.5 Å². The van der Waals surface area contributed by atoms with Crippen molar-refractivity contribution in [2.45, 2.75) is 6.42 Å². The van der Waals surface area contributed by atoms with Gasteiger partial charge in [0.25, 0.3) is 11.6 Å². The van der Waals surface area contributed by atoms with Gasteiger partial charge in [0.15, 0.2) is 0 Å². The van der Waals surface area contributed by atoms with E-state index < -0.39 is 4.92 Å². The van der Waals surface area contributed by atoms with Gasteiger partial charge in [-0.1, -0.05) is 6.07 Å². The van der Waals surface area contributed by atoms with Crippen molar-refractivity contribution in [2.75, 3.05) is 38.0 Å². The fourth-order valence-electron chi connectivity index (χ4n) is 2.93. The molecule has 1 saturated heterocycles. The Morgan fingerprint density at radius 3 is 2.64 bits per heavy atom. The summed E-state index contributed by atoms with van der Waals surface area (Å²) >= 11 is 0. The highest BCUT2D eigenvalue weighted by Gasteiger charge is 2.23. The Labute approximate surface area is 161 Å². The van der Waals surface area contributed by atoms with Crippen LogP contribution in [0.1, 0.15) is 16.9 Å². The molecule has 1 aliphatic heterocycles. The predicted octanol–water partition coefficient (Wildman–Crippen LogP) is 1.17. The number of carbonyl (C=O) groups is 2.